The number of amides is 2. The molecule has 3 aromatic rings. The molecule has 2 saturated heterocycles. The summed E-state index contributed by atoms with van der Waals surface area (Å²) in [5, 5.41) is 24.2. The maximum atomic E-state index is 13.6. The van der Waals surface area contributed by atoms with Crippen molar-refractivity contribution < 1.29 is 38.1 Å². The zero-order chi connectivity index (χ0) is 44.7. The van der Waals surface area contributed by atoms with Crippen molar-refractivity contribution in [1.82, 2.24) is 30.0 Å². The summed E-state index contributed by atoms with van der Waals surface area (Å²) in [4.78, 5) is 57.4. The summed E-state index contributed by atoms with van der Waals surface area (Å²) in [5.41, 5.74) is 2.94. The molecule has 0 unspecified atom stereocenters. The molecular weight excluding hydrogens is 809 g/mol. The molecule has 2 aliphatic rings. The number of benzene rings is 1. The van der Waals surface area contributed by atoms with Gasteiger partial charge in [-0.15, -0.1) is 0 Å². The van der Waals surface area contributed by atoms with Gasteiger partial charge in [-0.05, 0) is 43.4 Å². The average molecular weight is 871 g/mol. The Labute approximate surface area is 369 Å². The number of allylic oxidation sites excluding steroid dienone is 1. The fourth-order valence-electron chi connectivity index (χ4n) is 7.30. The number of aromatic amines is 1. The van der Waals surface area contributed by atoms with Crippen LogP contribution >= 0.6 is 0 Å². The third-order valence-corrected chi connectivity index (χ3v) is 10.7. The smallest absolute Gasteiger partial charge is 0.295 e. The minimum Gasteiger partial charge on any atom is -0.494 e. The second-order valence-electron chi connectivity index (χ2n) is 15.1. The maximum Gasteiger partial charge on any atom is 0.295 e. The van der Waals surface area contributed by atoms with Crippen LogP contribution in [0.15, 0.2) is 53.3 Å². The van der Waals surface area contributed by atoms with Gasteiger partial charge in [0, 0.05) is 65.2 Å². The normalized spacial score (nSPS) is 14.8. The number of nitrogens with zero attached hydrogens (tertiary/aromatic N) is 6. The van der Waals surface area contributed by atoms with Gasteiger partial charge < -0.3 is 49.1 Å². The van der Waals surface area contributed by atoms with Gasteiger partial charge in [0.2, 0.25) is 5.91 Å². The first-order valence-corrected chi connectivity index (χ1v) is 21.8. The van der Waals surface area contributed by atoms with E-state index in [1.807, 2.05) is 30.3 Å². The molecule has 340 valence electrons. The summed E-state index contributed by atoms with van der Waals surface area (Å²) in [6, 6.07) is 11.7. The number of nitriles is 1. The molecule has 0 saturated carbocycles. The third-order valence-electron chi connectivity index (χ3n) is 10.7. The number of fused-ring (bicyclic) bond motifs is 1. The number of hydrogen-bond donors (Lipinski definition) is 4. The van der Waals surface area contributed by atoms with Gasteiger partial charge in [-0.1, -0.05) is 37.3 Å². The molecule has 2 fully saturated rings. The van der Waals surface area contributed by atoms with E-state index in [1.54, 1.807) is 0 Å². The number of aromatic nitrogens is 2. The van der Waals surface area contributed by atoms with Gasteiger partial charge in [0.1, 0.15) is 11.6 Å². The fraction of sp³-hybridized carbons (Fsp3) is 0.533. The van der Waals surface area contributed by atoms with Crippen LogP contribution in [-0.2, 0) is 28.5 Å². The van der Waals surface area contributed by atoms with Crippen LogP contribution < -0.4 is 15.4 Å². The lowest BCUT2D eigenvalue weighted by molar-refractivity contribution is -0.126. The van der Waals surface area contributed by atoms with E-state index in [0.717, 1.165) is 69.9 Å². The number of hydrogen-bond acceptors (Lipinski definition) is 13. The molecule has 0 bridgehead atoms. The van der Waals surface area contributed by atoms with E-state index in [1.165, 1.54) is 30.7 Å². The van der Waals surface area contributed by atoms with Crippen molar-refractivity contribution in [2.45, 2.75) is 39.0 Å². The highest BCUT2D eigenvalue weighted by Gasteiger charge is 2.30. The van der Waals surface area contributed by atoms with E-state index in [-0.39, 0.29) is 29.5 Å². The van der Waals surface area contributed by atoms with Crippen molar-refractivity contribution in [3.63, 3.8) is 0 Å². The number of pyridine rings is 1. The maximum absolute atomic E-state index is 13.6. The summed E-state index contributed by atoms with van der Waals surface area (Å²) in [6.07, 6.45) is 6.73. The predicted molar refractivity (Wildman–Crippen MR) is 240 cm³/mol. The molecule has 0 spiro atoms. The third kappa shape index (κ3) is 15.3. The van der Waals surface area contributed by atoms with E-state index < -0.39 is 11.7 Å². The Kier molecular flexibility index (Phi) is 20.6. The number of carbonyl (C=O) groups excluding carboxylic acids is 3. The number of carbonyl (C=O) groups is 3. The van der Waals surface area contributed by atoms with Crippen molar-refractivity contribution in [3.05, 3.63) is 59.4 Å². The number of likely N-dealkylation sites (tertiary alicyclic amines) is 1. The highest BCUT2D eigenvalue weighted by molar-refractivity contribution is 6.45. The molecule has 4 N–H and O–H groups in total. The lowest BCUT2D eigenvalue weighted by Crippen LogP contribution is -2.47. The van der Waals surface area contributed by atoms with Crippen LogP contribution in [0.3, 0.4) is 0 Å². The Hall–Kier alpha value is -5.55. The molecule has 0 atom stereocenters. The summed E-state index contributed by atoms with van der Waals surface area (Å²) in [7, 11) is 1.45. The number of methoxy groups -OCH3 is 1. The van der Waals surface area contributed by atoms with Gasteiger partial charge in [-0.2, -0.15) is 5.26 Å². The second-order valence-corrected chi connectivity index (χ2v) is 15.1. The number of piperazine rings is 1. The van der Waals surface area contributed by atoms with E-state index in [0.29, 0.717) is 101 Å². The fourth-order valence-corrected chi connectivity index (χ4v) is 7.30. The van der Waals surface area contributed by atoms with Crippen LogP contribution in [-0.4, -0.2) is 173 Å². The van der Waals surface area contributed by atoms with Crippen molar-refractivity contribution in [1.29, 1.82) is 10.7 Å². The molecule has 2 aromatic heterocycles. The van der Waals surface area contributed by atoms with Gasteiger partial charge in [-0.25, -0.2) is 9.98 Å². The van der Waals surface area contributed by atoms with E-state index in [4.69, 9.17) is 29.1 Å². The van der Waals surface area contributed by atoms with Crippen LogP contribution in [0, 0.1) is 16.7 Å². The number of ketones is 1. The molecule has 18 heteroatoms. The molecule has 2 amide bonds. The zero-order valence-electron chi connectivity index (χ0n) is 36.6. The minimum absolute atomic E-state index is 0.130. The topological polar surface area (TPSA) is 220 Å². The quantitative estimate of drug-likeness (QED) is 0.0226. The first kappa shape index (κ1) is 48.5. The van der Waals surface area contributed by atoms with Gasteiger partial charge in [0.15, 0.2) is 5.82 Å². The summed E-state index contributed by atoms with van der Waals surface area (Å²) >= 11 is 0. The Morgan fingerprint density at radius 1 is 0.905 bits per heavy atom. The monoisotopic (exact) mass is 870 g/mol. The SMILES string of the molecule is CCCOCCOCCOCCOCCN1CCN(CCCNC(=O)CC(=N)/N=C\Nc2ncc(OC)c3c(C(=O)C(=O)N4CCC(=C(C#N)c5ccccc5)CC4)c[nH]c23)CC1. The van der Waals surface area contributed by atoms with Crippen molar-refractivity contribution in [3.8, 4) is 11.8 Å². The molecule has 1 aromatic carbocycles. The standard InChI is InChI=1S/C45H62N10O8/c1-3-21-60-23-25-62-27-28-63-26-24-61-22-20-54-18-16-53(17-19-54)13-7-12-48-40(56)29-39(47)51-33-52-44-42-41(38(59-2)32-50-44)37(31-49-42)43(57)45(58)55-14-10-35(11-15-55)36(30-46)34-8-5-4-6-9-34/h4-6,8-9,31-33,49H,3,7,10-29H2,1-2H3,(H,48,56)(H2,47,50,51,52). The van der Waals surface area contributed by atoms with Crippen molar-refractivity contribution in [2.24, 2.45) is 4.99 Å². The minimum atomic E-state index is -0.700. The molecule has 4 heterocycles. The number of anilines is 1. The highest BCUT2D eigenvalue weighted by atomic mass is 16.6. The molecule has 63 heavy (non-hydrogen) atoms. The van der Waals surface area contributed by atoms with Gasteiger partial charge in [0.25, 0.3) is 11.7 Å². The number of Topliss-reactive ketones (excluding diaryl/α,β-unsaturated/α-hetero) is 1. The number of amidine groups is 1. The molecule has 18 nitrogen and oxygen atoms in total. The van der Waals surface area contributed by atoms with E-state index in [9.17, 15) is 19.6 Å². The lowest BCUT2D eigenvalue weighted by Gasteiger charge is -2.34. The molecule has 0 radical (unpaired) electrons. The molecular formula is C45H62N10O8. The van der Waals surface area contributed by atoms with Crippen molar-refractivity contribution in [2.75, 3.05) is 124 Å². The molecule has 0 aliphatic carbocycles. The van der Waals surface area contributed by atoms with Crippen LogP contribution in [0.25, 0.3) is 16.5 Å². The van der Waals surface area contributed by atoms with Crippen LogP contribution in [0.4, 0.5) is 5.82 Å². The average Bonchev–Trinajstić information content (AvgIpc) is 3.76. The van der Waals surface area contributed by atoms with E-state index in [2.05, 4.69) is 48.4 Å². The number of H-pyrrole nitrogens is 1. The molecule has 2 aliphatic heterocycles. The number of rotatable bonds is 26. The zero-order valence-corrected chi connectivity index (χ0v) is 36.6. The Balaban J connectivity index is 0.957. The molecule has 5 rings (SSSR count). The summed E-state index contributed by atoms with van der Waals surface area (Å²) in [5.74, 6) is -1.21. The number of ether oxygens (including phenoxy) is 5. The second kappa shape index (κ2) is 26.8. The Morgan fingerprint density at radius 2 is 1.54 bits per heavy atom. The lowest BCUT2D eigenvalue weighted by atomic mass is 9.93. The van der Waals surface area contributed by atoms with Crippen molar-refractivity contribution >= 4 is 52.1 Å². The predicted octanol–water partition coefficient (Wildman–Crippen LogP) is 3.76. The Bertz CT molecular complexity index is 2030. The van der Waals surface area contributed by atoms with Crippen LogP contribution in [0.1, 0.15) is 54.9 Å². The van der Waals surface area contributed by atoms with Crippen LogP contribution in [0.5, 0.6) is 5.75 Å². The van der Waals surface area contributed by atoms with Crippen LogP contribution in [0.2, 0.25) is 0 Å². The number of nitrogens with one attached hydrogen (secondary N) is 4. The number of piperidine rings is 1. The van der Waals surface area contributed by atoms with Gasteiger partial charge >= 0.3 is 0 Å². The van der Waals surface area contributed by atoms with Gasteiger partial charge in [-0.3, -0.25) is 24.7 Å². The Morgan fingerprint density at radius 3 is 2.17 bits per heavy atom. The first-order valence-electron chi connectivity index (χ1n) is 21.8. The van der Waals surface area contributed by atoms with Gasteiger partial charge in [0.05, 0.1) is 100 Å². The van der Waals surface area contributed by atoms with E-state index >= 15 is 0 Å². The summed E-state index contributed by atoms with van der Waals surface area (Å²) < 4.78 is 27.6. The number of aliphatic imine (C=N–C) groups is 1. The first-order chi connectivity index (χ1) is 30.8. The summed E-state index contributed by atoms with van der Waals surface area (Å²) in [6.45, 7) is 13.7. The highest BCUT2D eigenvalue weighted by Crippen LogP contribution is 2.33. The largest absolute Gasteiger partial charge is 0.494 e.